The molecule has 154 valence electrons. The third-order valence-electron chi connectivity index (χ3n) is 4.65. The van der Waals surface area contributed by atoms with E-state index < -0.39 is 6.10 Å². The molecule has 0 saturated carbocycles. The number of fused-ring (bicyclic) bond motifs is 1. The Morgan fingerprint density at radius 3 is 2.80 bits per heavy atom. The summed E-state index contributed by atoms with van der Waals surface area (Å²) in [5, 5.41) is 16.3. The van der Waals surface area contributed by atoms with Gasteiger partial charge in [-0.05, 0) is 57.2 Å². The van der Waals surface area contributed by atoms with Crippen LogP contribution in [0.15, 0.2) is 76.8 Å². The molecular weight excluding hydrogens is 444 g/mol. The van der Waals surface area contributed by atoms with Crippen LogP contribution >= 0.6 is 15.9 Å². The van der Waals surface area contributed by atoms with Crippen LogP contribution in [0.5, 0.6) is 11.5 Å². The van der Waals surface area contributed by atoms with E-state index in [0.29, 0.717) is 24.2 Å². The molecule has 0 unspecified atom stereocenters. The molecule has 3 aromatic carbocycles. The summed E-state index contributed by atoms with van der Waals surface area (Å²) in [4.78, 5) is 12.6. The van der Waals surface area contributed by atoms with E-state index in [-0.39, 0.29) is 11.7 Å². The van der Waals surface area contributed by atoms with Gasteiger partial charge in [0.1, 0.15) is 11.5 Å². The maximum Gasteiger partial charge on any atom is 0.281 e. The predicted octanol–water partition coefficient (Wildman–Crippen LogP) is 5.34. The summed E-state index contributed by atoms with van der Waals surface area (Å²) in [6.45, 7) is 5.55. The number of carbonyl (C=O) groups is 1. The summed E-state index contributed by atoms with van der Waals surface area (Å²) in [5.41, 5.74) is 3.76. The van der Waals surface area contributed by atoms with Crippen molar-refractivity contribution in [3.8, 4) is 11.5 Å². The van der Waals surface area contributed by atoms with Gasteiger partial charge in [0.15, 0.2) is 6.10 Å². The van der Waals surface area contributed by atoms with Crippen molar-refractivity contribution in [3.05, 3.63) is 82.9 Å². The van der Waals surface area contributed by atoms with E-state index in [1.54, 1.807) is 12.1 Å². The average molecular weight is 467 g/mol. The van der Waals surface area contributed by atoms with Gasteiger partial charge in [0.05, 0.1) is 10.7 Å². The van der Waals surface area contributed by atoms with Gasteiger partial charge in [0.25, 0.3) is 5.91 Å². The molecule has 1 amide bonds. The summed E-state index contributed by atoms with van der Waals surface area (Å²) < 4.78 is 6.75. The van der Waals surface area contributed by atoms with Gasteiger partial charge in [0.2, 0.25) is 0 Å². The first-order valence-electron chi connectivity index (χ1n) is 9.63. The lowest BCUT2D eigenvalue weighted by Crippen LogP contribution is -2.35. The van der Waals surface area contributed by atoms with Gasteiger partial charge in [-0.1, -0.05) is 55.5 Å². The molecular formula is C24H23BrN2O3. The van der Waals surface area contributed by atoms with E-state index in [1.807, 2.05) is 55.5 Å². The van der Waals surface area contributed by atoms with E-state index in [2.05, 4.69) is 33.0 Å². The zero-order valence-electron chi connectivity index (χ0n) is 16.6. The first-order chi connectivity index (χ1) is 14.5. The molecule has 0 aliphatic rings. The number of hydrogen-bond donors (Lipinski definition) is 2. The first kappa shape index (κ1) is 21.6. The third-order valence-corrected chi connectivity index (χ3v) is 5.47. The predicted molar refractivity (Wildman–Crippen MR) is 124 cm³/mol. The maximum atomic E-state index is 12.6. The van der Waals surface area contributed by atoms with E-state index in [0.717, 1.165) is 20.8 Å². The van der Waals surface area contributed by atoms with Crippen LogP contribution in [0, 0.1) is 0 Å². The number of ether oxygens (including phenoxy) is 1. The molecule has 0 aromatic heterocycles. The fourth-order valence-corrected chi connectivity index (χ4v) is 3.64. The van der Waals surface area contributed by atoms with Crippen molar-refractivity contribution in [1.82, 2.24) is 5.43 Å². The lowest BCUT2D eigenvalue weighted by Gasteiger charge is -2.17. The fraction of sp³-hybridized carbons (Fsp3) is 0.167. The number of hydrogen-bond acceptors (Lipinski definition) is 4. The number of aromatic hydroxyl groups is 1. The van der Waals surface area contributed by atoms with Crippen LogP contribution in [0.4, 0.5) is 0 Å². The van der Waals surface area contributed by atoms with Crippen LogP contribution in [0.1, 0.15) is 24.5 Å². The molecule has 2 N–H and O–H groups in total. The number of phenolic OH excluding ortho intramolecular Hbond substituents is 1. The zero-order valence-corrected chi connectivity index (χ0v) is 18.2. The molecule has 30 heavy (non-hydrogen) atoms. The number of amides is 1. The molecule has 3 rings (SSSR count). The molecule has 3 aromatic rings. The van der Waals surface area contributed by atoms with Crippen LogP contribution in [0.3, 0.4) is 0 Å². The van der Waals surface area contributed by atoms with E-state index >= 15 is 0 Å². The Morgan fingerprint density at radius 2 is 2.03 bits per heavy atom. The van der Waals surface area contributed by atoms with E-state index in [1.165, 1.54) is 6.21 Å². The van der Waals surface area contributed by atoms with Gasteiger partial charge in [-0.2, -0.15) is 5.10 Å². The number of benzene rings is 3. The molecule has 0 fully saturated rings. The second kappa shape index (κ2) is 10.1. The Balaban J connectivity index is 1.70. The van der Waals surface area contributed by atoms with Crippen molar-refractivity contribution in [2.75, 3.05) is 0 Å². The molecule has 6 heteroatoms. The molecule has 0 spiro atoms. The quantitative estimate of drug-likeness (QED) is 0.267. The number of rotatable bonds is 8. The molecule has 0 heterocycles. The number of para-hydroxylation sites is 1. The van der Waals surface area contributed by atoms with Gasteiger partial charge in [-0.15, -0.1) is 6.58 Å². The minimum Gasteiger partial charge on any atom is -0.507 e. The summed E-state index contributed by atoms with van der Waals surface area (Å²) in [6.07, 6.45) is 3.44. The number of nitrogens with zero attached hydrogens (tertiary/aromatic N) is 1. The number of halogens is 1. The van der Waals surface area contributed by atoms with Crippen LogP contribution in [0.25, 0.3) is 10.8 Å². The molecule has 0 aliphatic carbocycles. The molecule has 0 saturated heterocycles. The highest BCUT2D eigenvalue weighted by Crippen LogP contribution is 2.33. The Hall–Kier alpha value is -3.12. The second-order valence-corrected chi connectivity index (χ2v) is 7.49. The minimum absolute atomic E-state index is 0.124. The monoisotopic (exact) mass is 466 g/mol. The number of phenols is 1. The topological polar surface area (TPSA) is 70.9 Å². The second-order valence-electron chi connectivity index (χ2n) is 6.70. The normalized spacial score (nSPS) is 12.1. The van der Waals surface area contributed by atoms with Gasteiger partial charge in [-0.25, -0.2) is 5.43 Å². The average Bonchev–Trinajstić information content (AvgIpc) is 2.76. The lowest BCUT2D eigenvalue weighted by molar-refractivity contribution is -0.128. The van der Waals surface area contributed by atoms with Crippen LogP contribution in [0.2, 0.25) is 0 Å². The maximum absolute atomic E-state index is 12.6. The van der Waals surface area contributed by atoms with Crippen molar-refractivity contribution in [2.24, 2.45) is 5.10 Å². The Morgan fingerprint density at radius 1 is 1.23 bits per heavy atom. The smallest absolute Gasteiger partial charge is 0.281 e. The Kier molecular flexibility index (Phi) is 7.25. The highest BCUT2D eigenvalue weighted by molar-refractivity contribution is 9.10. The highest BCUT2D eigenvalue weighted by atomic mass is 79.9. The molecule has 5 nitrogen and oxygen atoms in total. The van der Waals surface area contributed by atoms with Crippen molar-refractivity contribution >= 4 is 38.8 Å². The molecule has 0 bridgehead atoms. The number of allylic oxidation sites excluding steroid dienone is 1. The van der Waals surface area contributed by atoms with Crippen molar-refractivity contribution in [3.63, 3.8) is 0 Å². The standard InChI is InChI=1S/C24H23BrN2O3/c1-3-8-17-10-7-11-18(23(17)28)15-26-27-24(29)20(4-2)30-21-14-13-16-9-5-6-12-19(16)22(21)25/h3,5-7,9-15,20,28H,1,4,8H2,2H3,(H,27,29)/b26-15-/t20-/m0/s1. The van der Waals surface area contributed by atoms with Crippen molar-refractivity contribution < 1.29 is 14.6 Å². The summed E-state index contributed by atoms with van der Waals surface area (Å²) in [5.74, 6) is 0.351. The van der Waals surface area contributed by atoms with E-state index in [4.69, 9.17) is 4.74 Å². The minimum atomic E-state index is -0.708. The number of hydrazone groups is 1. The molecule has 1 atom stereocenters. The SMILES string of the molecule is C=CCc1cccc(/C=N\NC(=O)[C@H](CC)Oc2ccc3ccccc3c2Br)c1O. The summed E-state index contributed by atoms with van der Waals surface area (Å²) in [6, 6.07) is 17.1. The number of carbonyl (C=O) groups excluding carboxylic acids is 1. The largest absolute Gasteiger partial charge is 0.507 e. The molecule has 0 aliphatic heterocycles. The fourth-order valence-electron chi connectivity index (χ4n) is 3.05. The van der Waals surface area contributed by atoms with Crippen molar-refractivity contribution in [2.45, 2.75) is 25.9 Å². The summed E-state index contributed by atoms with van der Waals surface area (Å²) >= 11 is 3.58. The van der Waals surface area contributed by atoms with Crippen LogP contribution in [-0.2, 0) is 11.2 Å². The third kappa shape index (κ3) is 4.89. The van der Waals surface area contributed by atoms with Gasteiger partial charge < -0.3 is 9.84 Å². The van der Waals surface area contributed by atoms with Crippen LogP contribution in [-0.4, -0.2) is 23.3 Å². The zero-order chi connectivity index (χ0) is 21.5. The number of nitrogens with one attached hydrogen (secondary N) is 1. The van der Waals surface area contributed by atoms with Gasteiger partial charge in [-0.3, -0.25) is 4.79 Å². The first-order valence-corrected chi connectivity index (χ1v) is 10.4. The molecule has 0 radical (unpaired) electrons. The summed E-state index contributed by atoms with van der Waals surface area (Å²) in [7, 11) is 0. The van der Waals surface area contributed by atoms with Gasteiger partial charge >= 0.3 is 0 Å². The van der Waals surface area contributed by atoms with Crippen molar-refractivity contribution in [1.29, 1.82) is 0 Å². The highest BCUT2D eigenvalue weighted by Gasteiger charge is 2.19. The van der Waals surface area contributed by atoms with Gasteiger partial charge in [0, 0.05) is 5.56 Å². The van der Waals surface area contributed by atoms with Crippen LogP contribution < -0.4 is 10.2 Å². The Labute approximate surface area is 184 Å². The Bertz CT molecular complexity index is 1100. The van der Waals surface area contributed by atoms with E-state index in [9.17, 15) is 9.90 Å². The lowest BCUT2D eigenvalue weighted by atomic mass is 10.1.